The third kappa shape index (κ3) is 15.6. The van der Waals surface area contributed by atoms with E-state index in [4.69, 9.17) is 0 Å². The second-order valence-electron chi connectivity index (χ2n) is 9.97. The molecular weight excluding hydrogens is 324 g/mol. The molecule has 0 aromatic carbocycles. The molecular formula is C27H54. The summed E-state index contributed by atoms with van der Waals surface area (Å²) < 4.78 is 0. The van der Waals surface area contributed by atoms with Gasteiger partial charge in [0.1, 0.15) is 0 Å². The number of unbranched alkanes of at least 4 members (excludes halogenated alkanes) is 13. The fourth-order valence-corrected chi connectivity index (χ4v) is 4.87. The van der Waals surface area contributed by atoms with E-state index in [1.807, 2.05) is 0 Å². The highest BCUT2D eigenvalue weighted by atomic mass is 14.4. The minimum absolute atomic E-state index is 0.973. The quantitative estimate of drug-likeness (QED) is 0.174. The lowest BCUT2D eigenvalue weighted by atomic mass is 9.96. The van der Waals surface area contributed by atoms with Crippen molar-refractivity contribution < 1.29 is 0 Å². The molecule has 0 aromatic rings. The summed E-state index contributed by atoms with van der Waals surface area (Å²) in [5.41, 5.74) is 0. The van der Waals surface area contributed by atoms with Crippen LogP contribution in [-0.4, -0.2) is 0 Å². The van der Waals surface area contributed by atoms with E-state index in [2.05, 4.69) is 20.8 Å². The predicted molar refractivity (Wildman–Crippen MR) is 124 cm³/mol. The molecule has 0 heteroatoms. The van der Waals surface area contributed by atoms with Gasteiger partial charge in [0.05, 0.1) is 0 Å². The first-order chi connectivity index (χ1) is 13.3. The summed E-state index contributed by atoms with van der Waals surface area (Å²) in [5.74, 6) is 3.24. The number of hydrogen-bond donors (Lipinski definition) is 0. The summed E-state index contributed by atoms with van der Waals surface area (Å²) in [6, 6.07) is 0. The molecule has 0 aromatic heterocycles. The van der Waals surface area contributed by atoms with Crippen LogP contribution in [0.1, 0.15) is 156 Å². The molecule has 1 rings (SSSR count). The van der Waals surface area contributed by atoms with Gasteiger partial charge in [-0.3, -0.25) is 0 Å². The molecule has 162 valence electrons. The Kier molecular flexibility index (Phi) is 16.7. The summed E-state index contributed by atoms with van der Waals surface area (Å²) in [7, 11) is 0. The standard InChI is InChI=1S/C27H54/c1-4-6-8-10-14-18-22-26-24-27(26)23-19-15-11-13-17-21-25(3)20-16-12-9-7-5-2/h25-27H,4-24H2,1-3H3. The molecule has 3 atom stereocenters. The van der Waals surface area contributed by atoms with E-state index in [1.165, 1.54) is 116 Å². The van der Waals surface area contributed by atoms with E-state index >= 15 is 0 Å². The number of hydrogen-bond acceptors (Lipinski definition) is 0. The summed E-state index contributed by atoms with van der Waals surface area (Å²) in [4.78, 5) is 0. The Morgan fingerprint density at radius 3 is 1.33 bits per heavy atom. The van der Waals surface area contributed by atoms with Crippen LogP contribution in [0.4, 0.5) is 0 Å². The molecule has 0 nitrogen and oxygen atoms in total. The fraction of sp³-hybridized carbons (Fsp3) is 1.00. The van der Waals surface area contributed by atoms with Crippen LogP contribution in [0, 0.1) is 17.8 Å². The van der Waals surface area contributed by atoms with Crippen molar-refractivity contribution in [2.24, 2.45) is 17.8 Å². The van der Waals surface area contributed by atoms with Gasteiger partial charge in [-0.25, -0.2) is 0 Å². The third-order valence-electron chi connectivity index (χ3n) is 7.07. The zero-order valence-electron chi connectivity index (χ0n) is 19.6. The molecule has 0 N–H and O–H groups in total. The summed E-state index contributed by atoms with van der Waals surface area (Å²) in [6.07, 6.45) is 31.2. The van der Waals surface area contributed by atoms with Crippen molar-refractivity contribution in [2.45, 2.75) is 156 Å². The average molecular weight is 379 g/mol. The van der Waals surface area contributed by atoms with E-state index in [1.54, 1.807) is 19.3 Å². The van der Waals surface area contributed by atoms with Gasteiger partial charge >= 0.3 is 0 Å². The van der Waals surface area contributed by atoms with E-state index in [9.17, 15) is 0 Å². The molecule has 1 aliphatic carbocycles. The monoisotopic (exact) mass is 378 g/mol. The van der Waals surface area contributed by atoms with Crippen LogP contribution in [0.2, 0.25) is 0 Å². The van der Waals surface area contributed by atoms with Gasteiger partial charge in [-0.1, -0.05) is 149 Å². The van der Waals surface area contributed by atoms with Crippen LogP contribution in [0.5, 0.6) is 0 Å². The first-order valence-electron chi connectivity index (χ1n) is 13.3. The van der Waals surface area contributed by atoms with Gasteiger partial charge in [-0.15, -0.1) is 0 Å². The summed E-state index contributed by atoms with van der Waals surface area (Å²) in [5, 5.41) is 0. The van der Waals surface area contributed by atoms with Crippen molar-refractivity contribution in [2.75, 3.05) is 0 Å². The Hall–Kier alpha value is 0. The first-order valence-corrected chi connectivity index (χ1v) is 13.3. The first kappa shape index (κ1) is 25.0. The molecule has 3 unspecified atom stereocenters. The van der Waals surface area contributed by atoms with Crippen LogP contribution >= 0.6 is 0 Å². The van der Waals surface area contributed by atoms with E-state index < -0.39 is 0 Å². The highest BCUT2D eigenvalue weighted by Crippen LogP contribution is 2.45. The molecule has 0 saturated heterocycles. The SMILES string of the molecule is CCCCCCCCC1CC1CCCCCCCC(C)CCCCCCC. The molecule has 0 amide bonds. The van der Waals surface area contributed by atoms with Crippen molar-refractivity contribution in [3.8, 4) is 0 Å². The molecule has 1 saturated carbocycles. The molecule has 0 heterocycles. The Morgan fingerprint density at radius 2 is 0.889 bits per heavy atom. The van der Waals surface area contributed by atoms with Gasteiger partial charge in [0, 0.05) is 0 Å². The average Bonchev–Trinajstić information content (AvgIpc) is 3.42. The molecule has 0 spiro atoms. The molecule has 27 heavy (non-hydrogen) atoms. The lowest BCUT2D eigenvalue weighted by Gasteiger charge is -2.11. The van der Waals surface area contributed by atoms with Gasteiger partial charge in [0.25, 0.3) is 0 Å². The normalized spacial score (nSPS) is 20.1. The molecule has 1 fully saturated rings. The Morgan fingerprint density at radius 1 is 0.519 bits per heavy atom. The lowest BCUT2D eigenvalue weighted by molar-refractivity contribution is 0.431. The zero-order chi connectivity index (χ0) is 19.6. The van der Waals surface area contributed by atoms with Crippen LogP contribution in [-0.2, 0) is 0 Å². The second-order valence-corrected chi connectivity index (χ2v) is 9.97. The zero-order valence-corrected chi connectivity index (χ0v) is 19.6. The van der Waals surface area contributed by atoms with Gasteiger partial charge in [0.2, 0.25) is 0 Å². The van der Waals surface area contributed by atoms with Gasteiger partial charge in [-0.2, -0.15) is 0 Å². The van der Waals surface area contributed by atoms with E-state index in [0.717, 1.165) is 17.8 Å². The Balaban J connectivity index is 1.76. The van der Waals surface area contributed by atoms with E-state index in [0.29, 0.717) is 0 Å². The van der Waals surface area contributed by atoms with Gasteiger partial charge in [0.15, 0.2) is 0 Å². The van der Waals surface area contributed by atoms with Crippen molar-refractivity contribution >= 4 is 0 Å². The predicted octanol–water partition coefficient (Wildman–Crippen LogP) is 10.1. The molecule has 0 radical (unpaired) electrons. The van der Waals surface area contributed by atoms with Crippen molar-refractivity contribution in [1.82, 2.24) is 0 Å². The maximum Gasteiger partial charge on any atom is -0.0383 e. The minimum atomic E-state index is 0.973. The Labute approximate surface area is 173 Å². The fourth-order valence-electron chi connectivity index (χ4n) is 4.87. The van der Waals surface area contributed by atoms with Crippen molar-refractivity contribution in [3.63, 3.8) is 0 Å². The maximum absolute atomic E-state index is 2.48. The van der Waals surface area contributed by atoms with Gasteiger partial charge in [-0.05, 0) is 24.2 Å². The number of rotatable bonds is 21. The van der Waals surface area contributed by atoms with Crippen LogP contribution < -0.4 is 0 Å². The smallest absolute Gasteiger partial charge is 0.0383 e. The van der Waals surface area contributed by atoms with Crippen LogP contribution in [0.25, 0.3) is 0 Å². The van der Waals surface area contributed by atoms with Crippen LogP contribution in [0.15, 0.2) is 0 Å². The maximum atomic E-state index is 2.48. The third-order valence-corrected chi connectivity index (χ3v) is 7.07. The Bertz CT molecular complexity index is 294. The van der Waals surface area contributed by atoms with Crippen molar-refractivity contribution in [3.05, 3.63) is 0 Å². The topological polar surface area (TPSA) is 0 Å². The molecule has 1 aliphatic rings. The molecule has 0 bridgehead atoms. The van der Waals surface area contributed by atoms with Crippen molar-refractivity contribution in [1.29, 1.82) is 0 Å². The minimum Gasteiger partial charge on any atom is -0.0654 e. The van der Waals surface area contributed by atoms with E-state index in [-0.39, 0.29) is 0 Å². The summed E-state index contributed by atoms with van der Waals surface area (Å²) in [6.45, 7) is 7.10. The van der Waals surface area contributed by atoms with Gasteiger partial charge < -0.3 is 0 Å². The largest absolute Gasteiger partial charge is 0.0654 e. The highest BCUT2D eigenvalue weighted by Gasteiger charge is 2.34. The lowest BCUT2D eigenvalue weighted by Crippen LogP contribution is -1.95. The highest BCUT2D eigenvalue weighted by molar-refractivity contribution is 4.85. The van der Waals surface area contributed by atoms with Crippen LogP contribution in [0.3, 0.4) is 0 Å². The molecule has 0 aliphatic heterocycles. The second kappa shape index (κ2) is 18.1. The summed E-state index contributed by atoms with van der Waals surface area (Å²) >= 11 is 0.